The maximum atomic E-state index is 11.7. The van der Waals surface area contributed by atoms with Gasteiger partial charge in [-0.1, -0.05) is 17.7 Å². The second-order valence-corrected chi connectivity index (χ2v) is 4.88. The van der Waals surface area contributed by atoms with Crippen LogP contribution in [0.2, 0.25) is 5.02 Å². The first-order valence-electron chi connectivity index (χ1n) is 6.44. The first kappa shape index (κ1) is 15.1. The largest absolute Gasteiger partial charge is 0.463 e. The molecular formula is C15H16ClN3O2. The zero-order valence-corrected chi connectivity index (χ0v) is 12.6. The Morgan fingerprint density at radius 3 is 2.86 bits per heavy atom. The zero-order chi connectivity index (χ0) is 15.2. The molecule has 0 aliphatic carbocycles. The second kappa shape index (κ2) is 6.95. The number of hydrazone groups is 1. The lowest BCUT2D eigenvalue weighted by atomic mass is 10.2. The molecular weight excluding hydrogens is 290 g/mol. The van der Waals surface area contributed by atoms with Crippen molar-refractivity contribution in [3.8, 4) is 0 Å². The van der Waals surface area contributed by atoms with Crippen molar-refractivity contribution in [3.63, 3.8) is 0 Å². The summed E-state index contributed by atoms with van der Waals surface area (Å²) in [5, 5.41) is 7.66. The smallest absolute Gasteiger partial charge is 0.259 e. The van der Waals surface area contributed by atoms with E-state index in [0.717, 1.165) is 11.3 Å². The Balaban J connectivity index is 1.88. The summed E-state index contributed by atoms with van der Waals surface area (Å²) < 4.78 is 5.17. The van der Waals surface area contributed by atoms with Crippen LogP contribution in [-0.2, 0) is 4.79 Å². The highest BCUT2D eigenvalue weighted by Crippen LogP contribution is 2.22. The quantitative estimate of drug-likeness (QED) is 0.658. The van der Waals surface area contributed by atoms with Crippen molar-refractivity contribution in [1.29, 1.82) is 0 Å². The predicted molar refractivity (Wildman–Crippen MR) is 83.7 cm³/mol. The molecule has 0 saturated heterocycles. The van der Waals surface area contributed by atoms with Crippen molar-refractivity contribution in [1.82, 2.24) is 5.43 Å². The van der Waals surface area contributed by atoms with Crippen LogP contribution in [0.3, 0.4) is 0 Å². The van der Waals surface area contributed by atoms with E-state index in [4.69, 9.17) is 16.0 Å². The van der Waals surface area contributed by atoms with Crippen LogP contribution in [0.1, 0.15) is 18.2 Å². The summed E-state index contributed by atoms with van der Waals surface area (Å²) in [6, 6.07) is 9.04. The van der Waals surface area contributed by atoms with Gasteiger partial charge in [0.15, 0.2) is 0 Å². The Morgan fingerprint density at radius 2 is 2.14 bits per heavy atom. The van der Waals surface area contributed by atoms with E-state index in [9.17, 15) is 4.79 Å². The number of benzene rings is 1. The molecule has 2 aromatic rings. The monoisotopic (exact) mass is 305 g/mol. The summed E-state index contributed by atoms with van der Waals surface area (Å²) >= 11 is 6.02. The minimum absolute atomic E-state index is 0.107. The predicted octanol–water partition coefficient (Wildman–Crippen LogP) is 3.19. The molecule has 0 unspecified atom stereocenters. The highest BCUT2D eigenvalue weighted by atomic mass is 35.5. The van der Waals surface area contributed by atoms with E-state index in [2.05, 4.69) is 15.8 Å². The summed E-state index contributed by atoms with van der Waals surface area (Å²) in [7, 11) is 0. The third-order valence-corrected chi connectivity index (χ3v) is 3.34. The van der Waals surface area contributed by atoms with Gasteiger partial charge in [-0.3, -0.25) is 4.79 Å². The summed E-state index contributed by atoms with van der Waals surface area (Å²) in [5.41, 5.74) is 4.80. The topological polar surface area (TPSA) is 66.6 Å². The van der Waals surface area contributed by atoms with Crippen LogP contribution >= 0.6 is 11.6 Å². The molecule has 0 fully saturated rings. The molecule has 110 valence electrons. The van der Waals surface area contributed by atoms with Crippen LogP contribution in [0.25, 0.3) is 0 Å². The van der Waals surface area contributed by atoms with Gasteiger partial charge >= 0.3 is 0 Å². The fourth-order valence-corrected chi connectivity index (χ4v) is 1.87. The minimum Gasteiger partial charge on any atom is -0.463 e. The highest BCUT2D eigenvalue weighted by molar-refractivity contribution is 6.31. The number of nitrogens with one attached hydrogen (secondary N) is 2. The van der Waals surface area contributed by atoms with Crippen LogP contribution in [0, 0.1) is 6.92 Å². The molecule has 2 N–H and O–H groups in total. The fourth-order valence-electron chi connectivity index (χ4n) is 1.70. The average Bonchev–Trinajstić information content (AvgIpc) is 3.00. The summed E-state index contributed by atoms with van der Waals surface area (Å²) in [6.07, 6.45) is 1.56. The molecule has 0 bridgehead atoms. The summed E-state index contributed by atoms with van der Waals surface area (Å²) in [6.45, 7) is 3.76. The Bertz CT molecular complexity index is 651. The lowest BCUT2D eigenvalue weighted by Gasteiger charge is -2.09. The van der Waals surface area contributed by atoms with Crippen molar-refractivity contribution in [3.05, 3.63) is 52.9 Å². The third kappa shape index (κ3) is 4.10. The van der Waals surface area contributed by atoms with Gasteiger partial charge in [0.25, 0.3) is 5.91 Å². The van der Waals surface area contributed by atoms with Crippen LogP contribution in [0.15, 0.2) is 46.1 Å². The van der Waals surface area contributed by atoms with Crippen molar-refractivity contribution >= 4 is 28.9 Å². The number of furan rings is 1. The first-order valence-corrected chi connectivity index (χ1v) is 6.81. The molecule has 1 heterocycles. The molecule has 0 spiro atoms. The van der Waals surface area contributed by atoms with E-state index in [1.807, 2.05) is 19.1 Å². The Kier molecular flexibility index (Phi) is 5.00. The van der Waals surface area contributed by atoms with E-state index in [0.29, 0.717) is 16.5 Å². The van der Waals surface area contributed by atoms with Crippen LogP contribution in [0.4, 0.5) is 5.69 Å². The van der Waals surface area contributed by atoms with E-state index < -0.39 is 0 Å². The maximum absolute atomic E-state index is 11.7. The van der Waals surface area contributed by atoms with Crippen molar-refractivity contribution < 1.29 is 9.21 Å². The molecule has 6 heteroatoms. The number of rotatable bonds is 5. The van der Waals surface area contributed by atoms with E-state index in [1.54, 1.807) is 31.4 Å². The SMILES string of the molecule is C/C(=N/NC(=O)CNc1cccc(Cl)c1C)c1ccco1. The normalized spacial score (nSPS) is 11.3. The Morgan fingerprint density at radius 1 is 1.33 bits per heavy atom. The van der Waals surface area contributed by atoms with Crippen molar-refractivity contribution in [2.75, 3.05) is 11.9 Å². The first-order chi connectivity index (χ1) is 10.1. The number of hydrogen-bond donors (Lipinski definition) is 2. The maximum Gasteiger partial charge on any atom is 0.259 e. The molecule has 0 aliphatic heterocycles. The van der Waals surface area contributed by atoms with Crippen molar-refractivity contribution in [2.24, 2.45) is 5.10 Å². The highest BCUT2D eigenvalue weighted by Gasteiger charge is 2.05. The Hall–Kier alpha value is -2.27. The molecule has 1 aromatic carbocycles. The number of halogens is 1. The van der Waals surface area contributed by atoms with Crippen LogP contribution in [0.5, 0.6) is 0 Å². The number of amides is 1. The van der Waals surface area contributed by atoms with Gasteiger partial charge in [-0.15, -0.1) is 0 Å². The molecule has 0 saturated carbocycles. The fraction of sp³-hybridized carbons (Fsp3) is 0.200. The van der Waals surface area contributed by atoms with Gasteiger partial charge in [0, 0.05) is 10.7 Å². The summed E-state index contributed by atoms with van der Waals surface area (Å²) in [4.78, 5) is 11.7. The van der Waals surface area contributed by atoms with E-state index in [1.165, 1.54) is 0 Å². The number of carbonyl (C=O) groups excluding carboxylic acids is 1. The number of carbonyl (C=O) groups is 1. The van der Waals surface area contributed by atoms with E-state index in [-0.39, 0.29) is 12.5 Å². The lowest BCUT2D eigenvalue weighted by Crippen LogP contribution is -2.27. The lowest BCUT2D eigenvalue weighted by molar-refractivity contribution is -0.119. The third-order valence-electron chi connectivity index (χ3n) is 2.93. The zero-order valence-electron chi connectivity index (χ0n) is 11.8. The minimum atomic E-state index is -0.250. The molecule has 21 heavy (non-hydrogen) atoms. The summed E-state index contributed by atoms with van der Waals surface area (Å²) in [5.74, 6) is 0.370. The number of nitrogens with zero attached hydrogens (tertiary/aromatic N) is 1. The number of anilines is 1. The van der Waals surface area contributed by atoms with Crippen molar-refractivity contribution in [2.45, 2.75) is 13.8 Å². The standard InChI is InChI=1S/C15H16ClN3O2/c1-10-12(16)5-3-6-13(10)17-9-15(20)19-18-11(2)14-7-4-8-21-14/h3-8,17H,9H2,1-2H3,(H,19,20)/b18-11-. The van der Waals surface area contributed by atoms with Gasteiger partial charge in [0.1, 0.15) is 11.5 Å². The molecule has 0 aliphatic rings. The van der Waals surface area contributed by atoms with Gasteiger partial charge in [-0.2, -0.15) is 5.10 Å². The van der Waals surface area contributed by atoms with Gasteiger partial charge in [0.2, 0.25) is 0 Å². The van der Waals surface area contributed by atoms with Gasteiger partial charge in [-0.05, 0) is 43.7 Å². The van der Waals surface area contributed by atoms with E-state index >= 15 is 0 Å². The van der Waals surface area contributed by atoms with Gasteiger partial charge in [-0.25, -0.2) is 5.43 Å². The number of hydrogen-bond acceptors (Lipinski definition) is 4. The second-order valence-electron chi connectivity index (χ2n) is 4.48. The molecule has 1 aromatic heterocycles. The Labute approximate surface area is 128 Å². The van der Waals surface area contributed by atoms with Crippen LogP contribution in [-0.4, -0.2) is 18.2 Å². The molecule has 2 rings (SSSR count). The van der Waals surface area contributed by atoms with Gasteiger partial charge < -0.3 is 9.73 Å². The molecule has 0 atom stereocenters. The average molecular weight is 306 g/mol. The van der Waals surface area contributed by atoms with Crippen LogP contribution < -0.4 is 10.7 Å². The molecule has 5 nitrogen and oxygen atoms in total. The molecule has 0 radical (unpaired) electrons. The molecule has 1 amide bonds. The van der Waals surface area contributed by atoms with Gasteiger partial charge in [0.05, 0.1) is 12.8 Å².